The summed E-state index contributed by atoms with van der Waals surface area (Å²) in [6.45, 7) is 1.89. The second kappa shape index (κ2) is 9.89. The third-order valence-electron chi connectivity index (χ3n) is 7.11. The smallest absolute Gasteiger partial charge is 0.251 e. The Balaban J connectivity index is 1.37. The molecular weight excluding hydrogens is 354 g/mol. The molecule has 2 unspecified atom stereocenters. The number of hydrogen-bond acceptors (Lipinski definition) is 1. The van der Waals surface area contributed by atoms with Crippen molar-refractivity contribution in [2.24, 2.45) is 17.8 Å². The van der Waals surface area contributed by atoms with E-state index in [1.54, 1.807) is 7.11 Å². The summed E-state index contributed by atoms with van der Waals surface area (Å²) in [6.07, 6.45) is 13.8. The van der Waals surface area contributed by atoms with Gasteiger partial charge in [-0.1, -0.05) is 31.2 Å². The van der Waals surface area contributed by atoms with Crippen molar-refractivity contribution in [3.63, 3.8) is 0 Å². The molecule has 0 spiro atoms. The number of hydrogen-bond donors (Lipinski definition) is 0. The van der Waals surface area contributed by atoms with Crippen LogP contribution in [0.4, 0.5) is 8.78 Å². The maximum absolute atomic E-state index is 14.1. The lowest BCUT2D eigenvalue weighted by Gasteiger charge is -2.35. The van der Waals surface area contributed by atoms with Gasteiger partial charge in [0.15, 0.2) is 0 Å². The summed E-state index contributed by atoms with van der Waals surface area (Å²) in [5, 5.41) is 0. The number of rotatable bonds is 7. The van der Waals surface area contributed by atoms with E-state index in [4.69, 9.17) is 4.74 Å². The Kier molecular flexibility index (Phi) is 7.54. The van der Waals surface area contributed by atoms with Crippen LogP contribution < -0.4 is 4.74 Å². The molecule has 1 aromatic carbocycles. The molecule has 2 atom stereocenters. The predicted octanol–water partition coefficient (Wildman–Crippen LogP) is 7.77. The van der Waals surface area contributed by atoms with E-state index in [2.05, 4.69) is 36.4 Å². The average molecular weight is 391 g/mol. The Hall–Kier alpha value is -1.38. The number of alkyl halides is 2. The first-order chi connectivity index (χ1) is 13.5. The Morgan fingerprint density at radius 1 is 0.929 bits per heavy atom. The van der Waals surface area contributed by atoms with Crippen LogP contribution in [0.15, 0.2) is 36.4 Å². The van der Waals surface area contributed by atoms with E-state index in [1.807, 2.05) is 6.92 Å². The second-order valence-electron chi connectivity index (χ2n) is 8.95. The van der Waals surface area contributed by atoms with Crippen LogP contribution in [-0.4, -0.2) is 13.0 Å². The minimum Gasteiger partial charge on any atom is -0.497 e. The zero-order valence-corrected chi connectivity index (χ0v) is 17.5. The summed E-state index contributed by atoms with van der Waals surface area (Å²) in [4.78, 5) is 0. The quantitative estimate of drug-likeness (QED) is 0.432. The van der Waals surface area contributed by atoms with Gasteiger partial charge in [0.25, 0.3) is 5.92 Å². The Morgan fingerprint density at radius 2 is 1.54 bits per heavy atom. The first-order valence-electron chi connectivity index (χ1n) is 11.2. The summed E-state index contributed by atoms with van der Waals surface area (Å²) in [6, 6.07) is 8.52. The molecular formula is C25H36F2O. The second-order valence-corrected chi connectivity index (χ2v) is 8.95. The van der Waals surface area contributed by atoms with Gasteiger partial charge in [0.1, 0.15) is 5.75 Å². The van der Waals surface area contributed by atoms with Crippen LogP contribution in [0.25, 0.3) is 0 Å². The Labute approximate surface area is 169 Å². The highest BCUT2D eigenvalue weighted by Crippen LogP contribution is 2.44. The monoisotopic (exact) mass is 390 g/mol. The fourth-order valence-electron chi connectivity index (χ4n) is 5.19. The summed E-state index contributed by atoms with van der Waals surface area (Å²) in [5.41, 5.74) is 1.43. The van der Waals surface area contributed by atoms with E-state index in [1.165, 1.54) is 31.2 Å². The highest BCUT2D eigenvalue weighted by molar-refractivity contribution is 5.29. The first kappa shape index (κ1) is 21.3. The van der Waals surface area contributed by atoms with Gasteiger partial charge in [0.05, 0.1) is 7.11 Å². The molecule has 0 aromatic heterocycles. The molecule has 0 N–H and O–H groups in total. The molecule has 0 heterocycles. The van der Waals surface area contributed by atoms with Gasteiger partial charge in [-0.2, -0.15) is 0 Å². The predicted molar refractivity (Wildman–Crippen MR) is 112 cm³/mol. The topological polar surface area (TPSA) is 9.23 Å². The zero-order chi connectivity index (χ0) is 20.0. The van der Waals surface area contributed by atoms with Gasteiger partial charge >= 0.3 is 0 Å². The van der Waals surface area contributed by atoms with Gasteiger partial charge < -0.3 is 4.74 Å². The van der Waals surface area contributed by atoms with Crippen LogP contribution in [-0.2, 0) is 0 Å². The van der Waals surface area contributed by atoms with Crippen molar-refractivity contribution in [1.29, 1.82) is 0 Å². The Bertz CT molecular complexity index is 614. The molecule has 0 radical (unpaired) electrons. The van der Waals surface area contributed by atoms with Gasteiger partial charge in [0, 0.05) is 12.3 Å². The SMILES string of the molecule is CCC1CCC(C/C=C\CC2CCC(c3ccc(OC)cc3)CC2)CC1(F)F. The standard InChI is InChI=1S/C25H36F2O/c1-3-23-15-10-20(18-25(23,26)27)7-5-4-6-19-8-11-21(12-9-19)22-13-16-24(28-2)17-14-22/h4-5,13-14,16-17,19-21,23H,3,6-12,15,18H2,1-2H3/b5-4-. The van der Waals surface area contributed by atoms with E-state index >= 15 is 0 Å². The van der Waals surface area contributed by atoms with E-state index in [0.29, 0.717) is 18.8 Å². The molecule has 3 heteroatoms. The third-order valence-corrected chi connectivity index (χ3v) is 7.11. The van der Waals surface area contributed by atoms with Crippen molar-refractivity contribution in [1.82, 2.24) is 0 Å². The Morgan fingerprint density at radius 3 is 2.11 bits per heavy atom. The highest BCUT2D eigenvalue weighted by Gasteiger charge is 2.43. The minimum absolute atomic E-state index is 0.0861. The van der Waals surface area contributed by atoms with Gasteiger partial charge in [-0.3, -0.25) is 0 Å². The minimum atomic E-state index is -2.45. The molecule has 0 aliphatic heterocycles. The molecule has 1 nitrogen and oxygen atoms in total. The van der Waals surface area contributed by atoms with Crippen molar-refractivity contribution in [2.75, 3.05) is 7.11 Å². The molecule has 0 saturated heterocycles. The van der Waals surface area contributed by atoms with Gasteiger partial charge in [-0.15, -0.1) is 0 Å². The molecule has 2 fully saturated rings. The maximum Gasteiger partial charge on any atom is 0.251 e. The van der Waals surface area contributed by atoms with Crippen LogP contribution in [0, 0.1) is 17.8 Å². The average Bonchev–Trinajstić information content (AvgIpc) is 2.71. The van der Waals surface area contributed by atoms with Crippen molar-refractivity contribution in [3.8, 4) is 5.75 Å². The van der Waals surface area contributed by atoms with Crippen LogP contribution >= 0.6 is 0 Å². The van der Waals surface area contributed by atoms with Crippen LogP contribution in [0.2, 0.25) is 0 Å². The van der Waals surface area contributed by atoms with Crippen molar-refractivity contribution in [3.05, 3.63) is 42.0 Å². The third kappa shape index (κ3) is 5.58. The largest absolute Gasteiger partial charge is 0.497 e. The molecule has 0 amide bonds. The highest BCUT2D eigenvalue weighted by atomic mass is 19.3. The summed E-state index contributed by atoms with van der Waals surface area (Å²) < 4.78 is 33.5. The van der Waals surface area contributed by atoms with Crippen LogP contribution in [0.1, 0.15) is 82.6 Å². The van der Waals surface area contributed by atoms with E-state index in [0.717, 1.165) is 30.9 Å². The van der Waals surface area contributed by atoms with Crippen LogP contribution in [0.5, 0.6) is 5.75 Å². The van der Waals surface area contributed by atoms with Crippen LogP contribution in [0.3, 0.4) is 0 Å². The fourth-order valence-corrected chi connectivity index (χ4v) is 5.19. The maximum atomic E-state index is 14.1. The van der Waals surface area contributed by atoms with Crippen molar-refractivity contribution < 1.29 is 13.5 Å². The normalized spacial score (nSPS) is 30.4. The summed E-state index contributed by atoms with van der Waals surface area (Å²) in [5.74, 6) is -0.340. The zero-order valence-electron chi connectivity index (χ0n) is 17.5. The molecule has 156 valence electrons. The molecule has 3 rings (SSSR count). The number of ether oxygens (including phenoxy) is 1. The summed E-state index contributed by atoms with van der Waals surface area (Å²) >= 11 is 0. The van der Waals surface area contributed by atoms with Gasteiger partial charge in [0.2, 0.25) is 0 Å². The van der Waals surface area contributed by atoms with Crippen molar-refractivity contribution >= 4 is 0 Å². The molecule has 28 heavy (non-hydrogen) atoms. The molecule has 2 aliphatic rings. The lowest BCUT2D eigenvalue weighted by molar-refractivity contribution is -0.102. The number of halogens is 2. The molecule has 0 bridgehead atoms. The lowest BCUT2D eigenvalue weighted by atomic mass is 9.76. The number of allylic oxidation sites excluding steroid dienone is 2. The molecule has 1 aromatic rings. The molecule has 2 aliphatic carbocycles. The number of methoxy groups -OCH3 is 1. The van der Waals surface area contributed by atoms with E-state index in [-0.39, 0.29) is 12.3 Å². The first-order valence-corrected chi connectivity index (χ1v) is 11.2. The van der Waals surface area contributed by atoms with Gasteiger partial charge in [-0.05, 0) is 93.2 Å². The fraction of sp³-hybridized carbons (Fsp3) is 0.680. The van der Waals surface area contributed by atoms with Gasteiger partial charge in [-0.25, -0.2) is 8.78 Å². The summed E-state index contributed by atoms with van der Waals surface area (Å²) in [7, 11) is 1.70. The number of benzene rings is 1. The van der Waals surface area contributed by atoms with E-state index in [9.17, 15) is 8.78 Å². The lowest BCUT2D eigenvalue weighted by Crippen LogP contribution is -2.35. The van der Waals surface area contributed by atoms with Crippen molar-refractivity contribution in [2.45, 2.75) is 83.0 Å². The van der Waals surface area contributed by atoms with E-state index < -0.39 is 11.8 Å². The molecule has 2 saturated carbocycles.